The predicted octanol–water partition coefficient (Wildman–Crippen LogP) is -0.776. The number of carbonyl (C=O) groups is 1. The van der Waals surface area contributed by atoms with Crippen LogP contribution in [0, 0.1) is 0 Å². The van der Waals surface area contributed by atoms with Crippen molar-refractivity contribution < 1.29 is 14.6 Å². The molecule has 0 aromatic heterocycles. The monoisotopic (exact) mass is 159 g/mol. The van der Waals surface area contributed by atoms with Crippen LogP contribution in [0.25, 0.3) is 0 Å². The molecule has 1 aliphatic heterocycles. The van der Waals surface area contributed by atoms with Gasteiger partial charge in [-0.25, -0.2) is 0 Å². The van der Waals surface area contributed by atoms with Gasteiger partial charge in [-0.05, 0) is 6.92 Å². The van der Waals surface area contributed by atoms with Crippen LogP contribution in [0.3, 0.4) is 0 Å². The summed E-state index contributed by atoms with van der Waals surface area (Å²) in [6, 6.07) is 0. The molecule has 4 heteroatoms. The van der Waals surface area contributed by atoms with Gasteiger partial charge in [-0.3, -0.25) is 9.69 Å². The number of aliphatic hydroxyl groups is 1. The minimum Gasteiger partial charge on any atom is -0.392 e. The highest BCUT2D eigenvalue weighted by molar-refractivity contribution is 5.55. The van der Waals surface area contributed by atoms with Gasteiger partial charge in [0.1, 0.15) is 0 Å². The SMILES string of the molecule is CC(O)CN1CCOC1C=O. The molecule has 0 saturated carbocycles. The molecule has 2 unspecified atom stereocenters. The third-order valence-corrected chi connectivity index (χ3v) is 1.64. The summed E-state index contributed by atoms with van der Waals surface area (Å²) in [4.78, 5) is 12.2. The first kappa shape index (κ1) is 8.64. The zero-order valence-corrected chi connectivity index (χ0v) is 6.56. The van der Waals surface area contributed by atoms with E-state index in [2.05, 4.69) is 0 Å². The van der Waals surface area contributed by atoms with Gasteiger partial charge in [-0.15, -0.1) is 0 Å². The molecule has 11 heavy (non-hydrogen) atoms. The summed E-state index contributed by atoms with van der Waals surface area (Å²) in [5, 5.41) is 9.01. The molecule has 0 aliphatic carbocycles. The Balaban J connectivity index is 2.37. The Kier molecular flexibility index (Phi) is 2.99. The normalized spacial score (nSPS) is 28.7. The Labute approximate surface area is 65.8 Å². The molecule has 1 N–H and O–H groups in total. The van der Waals surface area contributed by atoms with Gasteiger partial charge in [0.15, 0.2) is 12.5 Å². The highest BCUT2D eigenvalue weighted by Crippen LogP contribution is 2.07. The molecule has 0 spiro atoms. The summed E-state index contributed by atoms with van der Waals surface area (Å²) in [6.07, 6.45) is -0.0844. The summed E-state index contributed by atoms with van der Waals surface area (Å²) < 4.78 is 5.06. The van der Waals surface area contributed by atoms with E-state index in [4.69, 9.17) is 9.84 Å². The summed E-state index contributed by atoms with van der Waals surface area (Å²) >= 11 is 0. The minimum atomic E-state index is -0.440. The lowest BCUT2D eigenvalue weighted by atomic mass is 10.3. The van der Waals surface area contributed by atoms with Crippen molar-refractivity contribution in [2.24, 2.45) is 0 Å². The molecular weight excluding hydrogens is 146 g/mol. The van der Waals surface area contributed by atoms with Crippen LogP contribution in [0.4, 0.5) is 0 Å². The van der Waals surface area contributed by atoms with Gasteiger partial charge in [-0.1, -0.05) is 0 Å². The number of ether oxygens (including phenoxy) is 1. The fourth-order valence-electron chi connectivity index (χ4n) is 1.18. The number of hydrogen-bond donors (Lipinski definition) is 1. The molecule has 1 rings (SSSR count). The highest BCUT2D eigenvalue weighted by atomic mass is 16.5. The van der Waals surface area contributed by atoms with Crippen LogP contribution in [0.15, 0.2) is 0 Å². The Morgan fingerprint density at radius 2 is 2.64 bits per heavy atom. The fourth-order valence-corrected chi connectivity index (χ4v) is 1.18. The van der Waals surface area contributed by atoms with E-state index in [0.717, 1.165) is 12.8 Å². The summed E-state index contributed by atoms with van der Waals surface area (Å²) in [6.45, 7) is 3.51. The average Bonchev–Trinajstić information content (AvgIpc) is 2.34. The van der Waals surface area contributed by atoms with Crippen LogP contribution in [-0.4, -0.2) is 48.3 Å². The van der Waals surface area contributed by atoms with Crippen molar-refractivity contribution in [1.29, 1.82) is 0 Å². The number of aliphatic hydroxyl groups excluding tert-OH is 1. The quantitative estimate of drug-likeness (QED) is 0.549. The maximum Gasteiger partial charge on any atom is 0.167 e. The summed E-state index contributed by atoms with van der Waals surface area (Å²) in [7, 11) is 0. The molecule has 0 aromatic rings. The first-order valence-electron chi connectivity index (χ1n) is 3.73. The van der Waals surface area contributed by atoms with E-state index >= 15 is 0 Å². The second kappa shape index (κ2) is 3.80. The smallest absolute Gasteiger partial charge is 0.167 e. The molecule has 0 radical (unpaired) electrons. The Hall–Kier alpha value is -0.450. The molecule has 0 bridgehead atoms. The maximum absolute atomic E-state index is 10.4. The van der Waals surface area contributed by atoms with Gasteiger partial charge < -0.3 is 9.84 Å². The van der Waals surface area contributed by atoms with Crippen LogP contribution in [-0.2, 0) is 9.53 Å². The number of aldehydes is 1. The van der Waals surface area contributed by atoms with E-state index in [1.165, 1.54) is 0 Å². The zero-order valence-electron chi connectivity index (χ0n) is 6.56. The lowest BCUT2D eigenvalue weighted by molar-refractivity contribution is -0.122. The van der Waals surface area contributed by atoms with E-state index < -0.39 is 12.3 Å². The molecule has 1 aliphatic rings. The Morgan fingerprint density at radius 3 is 3.18 bits per heavy atom. The zero-order chi connectivity index (χ0) is 8.27. The average molecular weight is 159 g/mol. The van der Waals surface area contributed by atoms with Gasteiger partial charge in [0.2, 0.25) is 0 Å². The van der Waals surface area contributed by atoms with Crippen molar-refractivity contribution in [3.63, 3.8) is 0 Å². The molecule has 1 saturated heterocycles. The Morgan fingerprint density at radius 1 is 1.91 bits per heavy atom. The fraction of sp³-hybridized carbons (Fsp3) is 0.857. The molecule has 64 valence electrons. The van der Waals surface area contributed by atoms with E-state index in [-0.39, 0.29) is 0 Å². The predicted molar refractivity (Wildman–Crippen MR) is 39.1 cm³/mol. The van der Waals surface area contributed by atoms with Crippen LogP contribution in [0.1, 0.15) is 6.92 Å². The molecule has 1 fully saturated rings. The van der Waals surface area contributed by atoms with Gasteiger partial charge in [0.05, 0.1) is 12.7 Å². The maximum atomic E-state index is 10.4. The second-order valence-electron chi connectivity index (χ2n) is 2.74. The first-order valence-corrected chi connectivity index (χ1v) is 3.73. The van der Waals surface area contributed by atoms with E-state index in [0.29, 0.717) is 13.2 Å². The van der Waals surface area contributed by atoms with Crippen LogP contribution >= 0.6 is 0 Å². The number of rotatable bonds is 3. The lowest BCUT2D eigenvalue weighted by Gasteiger charge is -2.19. The number of β-amino-alcohol motifs (C(OH)–C–C–N with tert-alkyl or cyclic N) is 1. The third-order valence-electron chi connectivity index (χ3n) is 1.64. The minimum absolute atomic E-state index is 0.404. The van der Waals surface area contributed by atoms with Crippen LogP contribution < -0.4 is 0 Å². The molecular formula is C7H13NO3. The highest BCUT2D eigenvalue weighted by Gasteiger charge is 2.24. The largest absolute Gasteiger partial charge is 0.392 e. The van der Waals surface area contributed by atoms with Crippen molar-refractivity contribution in [2.75, 3.05) is 19.7 Å². The summed E-state index contributed by atoms with van der Waals surface area (Å²) in [5.74, 6) is 0. The lowest BCUT2D eigenvalue weighted by Crippen LogP contribution is -2.36. The van der Waals surface area contributed by atoms with E-state index in [9.17, 15) is 4.79 Å². The summed E-state index contributed by atoms with van der Waals surface area (Å²) in [5.41, 5.74) is 0. The number of nitrogens with zero attached hydrogens (tertiary/aromatic N) is 1. The molecule has 1 heterocycles. The van der Waals surface area contributed by atoms with Gasteiger partial charge in [0.25, 0.3) is 0 Å². The molecule has 0 amide bonds. The van der Waals surface area contributed by atoms with Gasteiger partial charge in [0, 0.05) is 13.1 Å². The van der Waals surface area contributed by atoms with E-state index in [1.807, 2.05) is 4.90 Å². The first-order chi connectivity index (χ1) is 5.24. The van der Waals surface area contributed by atoms with Gasteiger partial charge in [-0.2, -0.15) is 0 Å². The topological polar surface area (TPSA) is 49.8 Å². The van der Waals surface area contributed by atoms with Crippen LogP contribution in [0.5, 0.6) is 0 Å². The van der Waals surface area contributed by atoms with Crippen LogP contribution in [0.2, 0.25) is 0 Å². The number of hydrogen-bond acceptors (Lipinski definition) is 4. The van der Waals surface area contributed by atoms with Crippen molar-refractivity contribution in [3.05, 3.63) is 0 Å². The van der Waals surface area contributed by atoms with Crippen molar-refractivity contribution in [1.82, 2.24) is 4.90 Å². The van der Waals surface area contributed by atoms with Crippen molar-refractivity contribution in [3.8, 4) is 0 Å². The Bertz CT molecular complexity index is 138. The second-order valence-corrected chi connectivity index (χ2v) is 2.74. The van der Waals surface area contributed by atoms with Crippen molar-refractivity contribution in [2.45, 2.75) is 19.3 Å². The number of carbonyl (C=O) groups excluding carboxylic acids is 1. The molecule has 0 aromatic carbocycles. The molecule has 2 atom stereocenters. The van der Waals surface area contributed by atoms with Crippen molar-refractivity contribution >= 4 is 6.29 Å². The van der Waals surface area contributed by atoms with E-state index in [1.54, 1.807) is 6.92 Å². The molecule has 4 nitrogen and oxygen atoms in total. The van der Waals surface area contributed by atoms with Gasteiger partial charge >= 0.3 is 0 Å². The standard InChI is InChI=1S/C7H13NO3/c1-6(10)4-8-2-3-11-7(8)5-9/h5-7,10H,2-4H2,1H3. The third kappa shape index (κ3) is 2.25.